The Hall–Kier alpha value is -1.34. The Bertz CT molecular complexity index is 662. The molecular weight excluding hydrogens is 336 g/mol. The Labute approximate surface area is 144 Å². The third-order valence-electron chi connectivity index (χ3n) is 3.90. The maximum absolute atomic E-state index is 11.4. The number of hydrogen-bond acceptors (Lipinski definition) is 6. The quantitative estimate of drug-likeness (QED) is 0.772. The van der Waals surface area contributed by atoms with Gasteiger partial charge in [-0.25, -0.2) is 4.79 Å². The fourth-order valence-corrected chi connectivity index (χ4v) is 3.79. The minimum absolute atomic E-state index is 0.260. The van der Waals surface area contributed by atoms with Crippen LogP contribution < -0.4 is 0 Å². The van der Waals surface area contributed by atoms with E-state index in [0.29, 0.717) is 0 Å². The number of piperazine rings is 1. The number of hydrogen-bond donors (Lipinski definition) is 0. The first-order chi connectivity index (χ1) is 11.1. The SMILES string of the molecule is COC(=O)c1ccc(CN2CCN(Cc3ccc(Cl)s3)CC2)o1. The molecule has 0 amide bonds. The van der Waals surface area contributed by atoms with Crippen LogP contribution in [0.4, 0.5) is 0 Å². The van der Waals surface area contributed by atoms with E-state index in [4.69, 9.17) is 16.0 Å². The number of carbonyl (C=O) groups is 1. The van der Waals surface area contributed by atoms with Crippen molar-refractivity contribution in [3.05, 3.63) is 45.0 Å². The molecule has 1 fully saturated rings. The first kappa shape index (κ1) is 16.5. The molecule has 7 heteroatoms. The van der Waals surface area contributed by atoms with E-state index in [1.807, 2.05) is 12.1 Å². The average molecular weight is 355 g/mol. The summed E-state index contributed by atoms with van der Waals surface area (Å²) >= 11 is 7.62. The molecule has 0 spiro atoms. The van der Waals surface area contributed by atoms with Crippen LogP contribution in [0.2, 0.25) is 4.34 Å². The van der Waals surface area contributed by atoms with Crippen molar-refractivity contribution in [2.75, 3.05) is 33.3 Å². The van der Waals surface area contributed by atoms with E-state index in [2.05, 4.69) is 20.6 Å². The number of nitrogens with zero attached hydrogens (tertiary/aromatic N) is 2. The molecule has 0 saturated carbocycles. The molecule has 3 heterocycles. The fourth-order valence-electron chi connectivity index (χ4n) is 2.66. The third kappa shape index (κ3) is 4.35. The smallest absolute Gasteiger partial charge is 0.373 e. The minimum Gasteiger partial charge on any atom is -0.463 e. The van der Waals surface area contributed by atoms with Gasteiger partial charge in [0.05, 0.1) is 18.0 Å². The molecule has 0 radical (unpaired) electrons. The summed E-state index contributed by atoms with van der Waals surface area (Å²) in [6, 6.07) is 7.55. The van der Waals surface area contributed by atoms with Gasteiger partial charge in [-0.3, -0.25) is 9.80 Å². The second kappa shape index (κ2) is 7.49. The molecule has 0 bridgehead atoms. The van der Waals surface area contributed by atoms with Crippen LogP contribution in [0.25, 0.3) is 0 Å². The van der Waals surface area contributed by atoms with E-state index in [0.717, 1.165) is 49.4 Å². The van der Waals surface area contributed by atoms with Crippen molar-refractivity contribution in [1.29, 1.82) is 0 Å². The first-order valence-electron chi connectivity index (χ1n) is 7.50. The summed E-state index contributed by atoms with van der Waals surface area (Å²) in [5.74, 6) is 0.621. The first-order valence-corrected chi connectivity index (χ1v) is 8.69. The molecule has 2 aromatic rings. The van der Waals surface area contributed by atoms with Crippen molar-refractivity contribution in [3.63, 3.8) is 0 Å². The lowest BCUT2D eigenvalue weighted by Gasteiger charge is -2.33. The normalized spacial score (nSPS) is 16.6. The van der Waals surface area contributed by atoms with Crippen LogP contribution >= 0.6 is 22.9 Å². The van der Waals surface area contributed by atoms with Gasteiger partial charge in [0.15, 0.2) is 0 Å². The Morgan fingerprint density at radius 1 is 1.17 bits per heavy atom. The number of thiophene rings is 1. The van der Waals surface area contributed by atoms with Crippen LogP contribution in [0.5, 0.6) is 0 Å². The van der Waals surface area contributed by atoms with E-state index in [1.54, 1.807) is 17.4 Å². The van der Waals surface area contributed by atoms with Crippen LogP contribution in [-0.4, -0.2) is 49.1 Å². The molecule has 1 aliphatic heterocycles. The van der Waals surface area contributed by atoms with Crippen LogP contribution in [-0.2, 0) is 17.8 Å². The molecular formula is C16H19ClN2O3S. The lowest BCUT2D eigenvalue weighted by molar-refractivity contribution is 0.0559. The van der Waals surface area contributed by atoms with Crippen molar-refractivity contribution in [2.24, 2.45) is 0 Å². The van der Waals surface area contributed by atoms with Gasteiger partial charge in [0.25, 0.3) is 0 Å². The van der Waals surface area contributed by atoms with Crippen molar-refractivity contribution in [2.45, 2.75) is 13.1 Å². The number of carbonyl (C=O) groups excluding carboxylic acids is 1. The summed E-state index contributed by atoms with van der Waals surface area (Å²) in [4.78, 5) is 17.5. The van der Waals surface area contributed by atoms with Crippen molar-refractivity contribution in [3.8, 4) is 0 Å². The number of furan rings is 1. The van der Waals surface area contributed by atoms with Gasteiger partial charge in [-0.2, -0.15) is 0 Å². The molecule has 1 saturated heterocycles. The summed E-state index contributed by atoms with van der Waals surface area (Å²) in [6.07, 6.45) is 0. The molecule has 0 atom stereocenters. The van der Waals surface area contributed by atoms with Crippen molar-refractivity contribution in [1.82, 2.24) is 9.80 Å². The van der Waals surface area contributed by atoms with Gasteiger partial charge in [0.2, 0.25) is 5.76 Å². The van der Waals surface area contributed by atoms with Crippen molar-refractivity contribution >= 4 is 28.9 Å². The molecule has 1 aliphatic rings. The molecule has 0 aliphatic carbocycles. The fraction of sp³-hybridized carbons (Fsp3) is 0.438. The molecule has 3 rings (SSSR count). The van der Waals surface area contributed by atoms with Gasteiger partial charge >= 0.3 is 5.97 Å². The lowest BCUT2D eigenvalue weighted by Crippen LogP contribution is -2.45. The van der Waals surface area contributed by atoms with Crippen LogP contribution in [0.3, 0.4) is 0 Å². The van der Waals surface area contributed by atoms with Gasteiger partial charge in [0.1, 0.15) is 5.76 Å². The van der Waals surface area contributed by atoms with E-state index < -0.39 is 5.97 Å². The molecule has 0 N–H and O–H groups in total. The van der Waals surface area contributed by atoms with Gasteiger partial charge in [-0.1, -0.05) is 11.6 Å². The summed E-state index contributed by atoms with van der Waals surface area (Å²) < 4.78 is 11.0. The largest absolute Gasteiger partial charge is 0.463 e. The molecule has 23 heavy (non-hydrogen) atoms. The van der Waals surface area contributed by atoms with Gasteiger partial charge < -0.3 is 9.15 Å². The number of halogens is 1. The number of methoxy groups -OCH3 is 1. The second-order valence-electron chi connectivity index (χ2n) is 5.52. The maximum atomic E-state index is 11.4. The molecule has 0 aromatic carbocycles. The average Bonchev–Trinajstić information content (AvgIpc) is 3.18. The van der Waals surface area contributed by atoms with Crippen LogP contribution in [0.15, 0.2) is 28.7 Å². The van der Waals surface area contributed by atoms with Gasteiger partial charge in [0, 0.05) is 37.6 Å². The molecule has 2 aromatic heterocycles. The monoisotopic (exact) mass is 354 g/mol. The zero-order chi connectivity index (χ0) is 16.2. The maximum Gasteiger partial charge on any atom is 0.373 e. The lowest BCUT2D eigenvalue weighted by atomic mass is 10.3. The van der Waals surface area contributed by atoms with E-state index in [9.17, 15) is 4.79 Å². The minimum atomic E-state index is -0.435. The Kier molecular flexibility index (Phi) is 5.38. The summed E-state index contributed by atoms with van der Waals surface area (Å²) in [6.45, 7) is 5.66. The van der Waals surface area contributed by atoms with E-state index in [1.165, 1.54) is 12.0 Å². The topological polar surface area (TPSA) is 45.9 Å². The molecule has 0 unspecified atom stereocenters. The highest BCUT2D eigenvalue weighted by atomic mass is 35.5. The second-order valence-corrected chi connectivity index (χ2v) is 7.32. The summed E-state index contributed by atoms with van der Waals surface area (Å²) in [5, 5.41) is 0. The predicted molar refractivity (Wildman–Crippen MR) is 89.9 cm³/mol. The van der Waals surface area contributed by atoms with Gasteiger partial charge in [-0.15, -0.1) is 11.3 Å². The Balaban J connectivity index is 1.47. The highest BCUT2D eigenvalue weighted by molar-refractivity contribution is 7.16. The zero-order valence-electron chi connectivity index (χ0n) is 13.0. The highest BCUT2D eigenvalue weighted by Gasteiger charge is 2.19. The molecule has 124 valence electrons. The van der Waals surface area contributed by atoms with Gasteiger partial charge in [-0.05, 0) is 24.3 Å². The van der Waals surface area contributed by atoms with E-state index >= 15 is 0 Å². The van der Waals surface area contributed by atoms with Crippen LogP contribution in [0.1, 0.15) is 21.2 Å². The number of rotatable bonds is 5. The Morgan fingerprint density at radius 2 is 1.87 bits per heavy atom. The standard InChI is InChI=1S/C16H19ClN2O3S/c1-21-16(20)14-4-2-12(22-14)10-18-6-8-19(9-7-18)11-13-3-5-15(17)23-13/h2-5H,6-11H2,1H3. The highest BCUT2D eigenvalue weighted by Crippen LogP contribution is 2.23. The Morgan fingerprint density at radius 3 is 2.48 bits per heavy atom. The summed E-state index contributed by atoms with van der Waals surface area (Å²) in [7, 11) is 1.35. The van der Waals surface area contributed by atoms with Crippen molar-refractivity contribution < 1.29 is 13.9 Å². The third-order valence-corrected chi connectivity index (χ3v) is 5.12. The van der Waals surface area contributed by atoms with E-state index in [-0.39, 0.29) is 5.76 Å². The molecule has 5 nitrogen and oxygen atoms in total. The zero-order valence-corrected chi connectivity index (χ0v) is 14.5. The summed E-state index contributed by atoms with van der Waals surface area (Å²) in [5.41, 5.74) is 0. The van der Waals surface area contributed by atoms with Crippen LogP contribution in [0, 0.1) is 0 Å². The predicted octanol–water partition coefficient (Wildman–Crippen LogP) is 3.10. The number of ether oxygens (including phenoxy) is 1. The number of esters is 1.